The van der Waals surface area contributed by atoms with Gasteiger partial charge in [-0.2, -0.15) is 5.26 Å². The Kier molecular flexibility index (Phi) is 5.39. The van der Waals surface area contributed by atoms with Gasteiger partial charge in [-0.3, -0.25) is 4.79 Å². The zero-order valence-corrected chi connectivity index (χ0v) is 14.4. The summed E-state index contributed by atoms with van der Waals surface area (Å²) in [6.07, 6.45) is -0.660. The van der Waals surface area contributed by atoms with E-state index in [1.54, 1.807) is 31.2 Å². The van der Waals surface area contributed by atoms with Crippen LogP contribution >= 0.6 is 22.6 Å². The van der Waals surface area contributed by atoms with Crippen LogP contribution in [-0.4, -0.2) is 12.0 Å². The first-order valence-corrected chi connectivity index (χ1v) is 7.81. The second-order valence-corrected chi connectivity index (χ2v) is 6.09. The van der Waals surface area contributed by atoms with E-state index in [9.17, 15) is 4.79 Å². The number of ether oxygens (including phenoxy) is 1. The summed E-state index contributed by atoms with van der Waals surface area (Å²) >= 11 is 2.23. The second kappa shape index (κ2) is 7.27. The number of amides is 1. The highest BCUT2D eigenvalue weighted by atomic mass is 127. The van der Waals surface area contributed by atoms with Crippen LogP contribution in [0, 0.1) is 21.8 Å². The molecule has 1 amide bonds. The fourth-order valence-corrected chi connectivity index (χ4v) is 2.55. The van der Waals surface area contributed by atoms with Gasteiger partial charge >= 0.3 is 0 Å². The summed E-state index contributed by atoms with van der Waals surface area (Å²) in [5.74, 6) is 0.271. The number of nitrogens with zero attached hydrogens (tertiary/aromatic N) is 1. The first kappa shape index (κ1) is 16.3. The van der Waals surface area contributed by atoms with Gasteiger partial charge in [0, 0.05) is 9.26 Å². The Balaban J connectivity index is 2.04. The van der Waals surface area contributed by atoms with Crippen LogP contribution in [-0.2, 0) is 4.79 Å². The fraction of sp³-hybridized carbons (Fsp3) is 0.176. The van der Waals surface area contributed by atoms with E-state index in [1.165, 1.54) is 0 Å². The first-order valence-electron chi connectivity index (χ1n) is 6.73. The highest BCUT2D eigenvalue weighted by molar-refractivity contribution is 14.1. The van der Waals surface area contributed by atoms with E-state index < -0.39 is 6.10 Å². The van der Waals surface area contributed by atoms with E-state index in [0.29, 0.717) is 11.3 Å². The molecule has 0 bridgehead atoms. The van der Waals surface area contributed by atoms with Gasteiger partial charge in [-0.1, -0.05) is 6.07 Å². The largest absolute Gasteiger partial charge is 0.481 e. The number of anilines is 1. The van der Waals surface area contributed by atoms with Crippen LogP contribution in [0.25, 0.3) is 0 Å². The van der Waals surface area contributed by atoms with Crippen LogP contribution in [0.1, 0.15) is 18.1 Å². The van der Waals surface area contributed by atoms with Crippen molar-refractivity contribution in [1.82, 2.24) is 0 Å². The highest BCUT2D eigenvalue weighted by Gasteiger charge is 2.16. The summed E-state index contributed by atoms with van der Waals surface area (Å²) in [6, 6.07) is 14.6. The lowest BCUT2D eigenvalue weighted by molar-refractivity contribution is -0.122. The molecule has 1 atom stereocenters. The first-order chi connectivity index (χ1) is 10.5. The number of nitrogens with one attached hydrogen (secondary N) is 1. The fourth-order valence-electron chi connectivity index (χ4n) is 1.90. The van der Waals surface area contributed by atoms with Gasteiger partial charge in [0.25, 0.3) is 5.91 Å². The lowest BCUT2D eigenvalue weighted by Gasteiger charge is -2.16. The van der Waals surface area contributed by atoms with Crippen LogP contribution in [0.15, 0.2) is 42.5 Å². The van der Waals surface area contributed by atoms with Crippen molar-refractivity contribution in [3.63, 3.8) is 0 Å². The number of aryl methyl sites for hydroxylation is 1. The maximum Gasteiger partial charge on any atom is 0.265 e. The number of carbonyl (C=O) groups excluding carboxylic acids is 1. The van der Waals surface area contributed by atoms with Crippen molar-refractivity contribution in [2.75, 3.05) is 5.32 Å². The molecule has 4 nitrogen and oxygen atoms in total. The number of nitriles is 1. The number of benzene rings is 2. The number of carbonyl (C=O) groups is 1. The molecule has 2 aromatic carbocycles. The van der Waals surface area contributed by atoms with Gasteiger partial charge < -0.3 is 10.1 Å². The molecule has 0 aliphatic carbocycles. The van der Waals surface area contributed by atoms with Gasteiger partial charge in [0.05, 0.1) is 11.6 Å². The summed E-state index contributed by atoms with van der Waals surface area (Å²) in [4.78, 5) is 12.2. The molecular weight excluding hydrogens is 391 g/mol. The maximum absolute atomic E-state index is 12.2. The monoisotopic (exact) mass is 406 g/mol. The van der Waals surface area contributed by atoms with E-state index >= 15 is 0 Å². The molecule has 0 saturated carbocycles. The lowest BCUT2D eigenvalue weighted by atomic mass is 10.2. The van der Waals surface area contributed by atoms with E-state index in [2.05, 4.69) is 27.9 Å². The normalized spacial score (nSPS) is 11.4. The lowest BCUT2D eigenvalue weighted by Crippen LogP contribution is -2.30. The van der Waals surface area contributed by atoms with Gasteiger partial charge in [0.15, 0.2) is 6.10 Å². The quantitative estimate of drug-likeness (QED) is 0.785. The topological polar surface area (TPSA) is 62.1 Å². The summed E-state index contributed by atoms with van der Waals surface area (Å²) < 4.78 is 6.71. The minimum atomic E-state index is -0.660. The molecule has 1 N–H and O–H groups in total. The smallest absolute Gasteiger partial charge is 0.265 e. The van der Waals surface area contributed by atoms with E-state index in [-0.39, 0.29) is 5.91 Å². The number of halogens is 1. The molecule has 0 radical (unpaired) electrons. The van der Waals surface area contributed by atoms with E-state index in [4.69, 9.17) is 10.00 Å². The van der Waals surface area contributed by atoms with Gasteiger partial charge in [0.2, 0.25) is 0 Å². The molecule has 0 heterocycles. The van der Waals surface area contributed by atoms with Crippen molar-refractivity contribution in [2.24, 2.45) is 0 Å². The van der Waals surface area contributed by atoms with Crippen LogP contribution < -0.4 is 10.1 Å². The van der Waals surface area contributed by atoms with Gasteiger partial charge in [0.1, 0.15) is 5.75 Å². The molecule has 0 aromatic heterocycles. The molecule has 0 fully saturated rings. The van der Waals surface area contributed by atoms with Gasteiger partial charge in [-0.25, -0.2) is 0 Å². The summed E-state index contributed by atoms with van der Waals surface area (Å²) in [5.41, 5.74) is 2.27. The molecule has 0 saturated heterocycles. The summed E-state index contributed by atoms with van der Waals surface area (Å²) in [6.45, 7) is 3.62. The van der Waals surface area contributed by atoms with E-state index in [1.807, 2.05) is 31.2 Å². The van der Waals surface area contributed by atoms with Gasteiger partial charge in [-0.05, 0) is 78.4 Å². The van der Waals surface area contributed by atoms with Crippen molar-refractivity contribution in [3.05, 3.63) is 57.2 Å². The third-order valence-corrected chi connectivity index (χ3v) is 3.76. The molecular formula is C17H15IN2O2. The van der Waals surface area contributed by atoms with Crippen molar-refractivity contribution >= 4 is 34.2 Å². The molecule has 112 valence electrons. The molecule has 5 heteroatoms. The second-order valence-electron chi connectivity index (χ2n) is 4.85. The predicted molar refractivity (Wildman–Crippen MR) is 93.8 cm³/mol. The third-order valence-electron chi connectivity index (χ3n) is 3.09. The Hall–Kier alpha value is -2.07. The average molecular weight is 406 g/mol. The number of hydrogen-bond donors (Lipinski definition) is 1. The molecule has 2 aromatic rings. The van der Waals surface area contributed by atoms with Crippen molar-refractivity contribution in [3.8, 4) is 11.8 Å². The SMILES string of the molecule is Cc1cc(I)ccc1NC(=O)C(C)Oc1cccc(C#N)c1. The molecule has 0 aliphatic heterocycles. The van der Waals surface area contributed by atoms with Gasteiger partial charge in [-0.15, -0.1) is 0 Å². The summed E-state index contributed by atoms with van der Waals surface area (Å²) in [7, 11) is 0. The number of hydrogen-bond acceptors (Lipinski definition) is 3. The molecule has 1 unspecified atom stereocenters. The third kappa shape index (κ3) is 4.21. The highest BCUT2D eigenvalue weighted by Crippen LogP contribution is 2.19. The number of rotatable bonds is 4. The minimum Gasteiger partial charge on any atom is -0.481 e. The minimum absolute atomic E-state index is 0.230. The zero-order valence-electron chi connectivity index (χ0n) is 12.3. The van der Waals surface area contributed by atoms with E-state index in [0.717, 1.165) is 14.8 Å². The Morgan fingerprint density at radius 3 is 2.77 bits per heavy atom. The Bertz CT molecular complexity index is 738. The van der Waals surface area contributed by atoms with Crippen molar-refractivity contribution in [1.29, 1.82) is 5.26 Å². The zero-order chi connectivity index (χ0) is 16.1. The Labute approximate surface area is 143 Å². The van der Waals surface area contributed by atoms with Crippen LogP contribution in [0.4, 0.5) is 5.69 Å². The van der Waals surface area contributed by atoms with Crippen molar-refractivity contribution < 1.29 is 9.53 Å². The predicted octanol–water partition coefficient (Wildman–Crippen LogP) is 3.88. The molecule has 2 rings (SSSR count). The molecule has 22 heavy (non-hydrogen) atoms. The Morgan fingerprint density at radius 1 is 1.32 bits per heavy atom. The standard InChI is InChI=1S/C17H15IN2O2/c1-11-8-14(18)6-7-16(11)20-17(21)12(2)22-15-5-3-4-13(9-15)10-19/h3-9,12H,1-2H3,(H,20,21). The Morgan fingerprint density at radius 2 is 2.09 bits per heavy atom. The van der Waals surface area contributed by atoms with Crippen molar-refractivity contribution in [2.45, 2.75) is 20.0 Å². The van der Waals surface area contributed by atoms with Crippen LogP contribution in [0.3, 0.4) is 0 Å². The van der Waals surface area contributed by atoms with Crippen LogP contribution in [0.5, 0.6) is 5.75 Å². The molecule has 0 spiro atoms. The average Bonchev–Trinajstić information content (AvgIpc) is 2.50. The summed E-state index contributed by atoms with van der Waals surface area (Å²) in [5, 5.41) is 11.7. The maximum atomic E-state index is 12.2. The molecule has 0 aliphatic rings. The van der Waals surface area contributed by atoms with Crippen LogP contribution in [0.2, 0.25) is 0 Å².